The summed E-state index contributed by atoms with van der Waals surface area (Å²) in [5, 5.41) is 8.74. The summed E-state index contributed by atoms with van der Waals surface area (Å²) in [4.78, 5) is 0. The molecule has 1 aromatic carbocycles. The van der Waals surface area contributed by atoms with Gasteiger partial charge in [0.2, 0.25) is 0 Å². The maximum absolute atomic E-state index is 6.15. The highest BCUT2D eigenvalue weighted by Gasteiger charge is 2.28. The van der Waals surface area contributed by atoms with Crippen LogP contribution < -0.4 is 5.32 Å². The van der Waals surface area contributed by atoms with Crippen LogP contribution in [0.2, 0.25) is 5.02 Å². The normalized spacial score (nSPS) is 22.9. The minimum atomic E-state index is 0.469. The third-order valence-corrected chi connectivity index (χ3v) is 4.40. The second-order valence-corrected chi connectivity index (χ2v) is 5.83. The number of aryl methyl sites for hydroxylation is 1. The highest BCUT2D eigenvalue weighted by Crippen LogP contribution is 2.37. The summed E-state index contributed by atoms with van der Waals surface area (Å²) in [7, 11) is 0. The van der Waals surface area contributed by atoms with Crippen molar-refractivity contribution in [1.82, 2.24) is 15.1 Å². The van der Waals surface area contributed by atoms with E-state index < -0.39 is 0 Å². The molecule has 0 aliphatic carbocycles. The molecule has 20 heavy (non-hydrogen) atoms. The first-order valence-corrected chi connectivity index (χ1v) is 7.64. The molecule has 0 bridgehead atoms. The molecule has 1 aliphatic rings. The molecule has 1 fully saturated rings. The summed E-state index contributed by atoms with van der Waals surface area (Å²) in [5.41, 5.74) is 2.66. The Balaban J connectivity index is 1.90. The van der Waals surface area contributed by atoms with Crippen molar-refractivity contribution >= 4 is 11.6 Å². The van der Waals surface area contributed by atoms with Crippen LogP contribution in [0.1, 0.15) is 36.3 Å². The van der Waals surface area contributed by atoms with Crippen molar-refractivity contribution in [2.75, 3.05) is 13.1 Å². The number of aromatic nitrogens is 2. The largest absolute Gasteiger partial charge is 0.316 e. The van der Waals surface area contributed by atoms with Crippen LogP contribution in [0.4, 0.5) is 0 Å². The lowest BCUT2D eigenvalue weighted by Gasteiger charge is -2.32. The van der Waals surface area contributed by atoms with Gasteiger partial charge < -0.3 is 5.32 Å². The standard InChI is InChI=1S/C16H20ClN3/c1-2-20-11-13(9-19-20)15-6-7-18-10-16(15)12-4-3-5-14(17)8-12/h3-5,8-9,11,15-16,18H,2,6-7,10H2,1H3. The van der Waals surface area contributed by atoms with Crippen LogP contribution in [0.25, 0.3) is 0 Å². The summed E-state index contributed by atoms with van der Waals surface area (Å²) < 4.78 is 2.01. The molecule has 0 spiro atoms. The monoisotopic (exact) mass is 289 g/mol. The first-order chi connectivity index (χ1) is 9.78. The van der Waals surface area contributed by atoms with Crippen molar-refractivity contribution in [3.63, 3.8) is 0 Å². The molecule has 1 saturated heterocycles. The summed E-state index contributed by atoms with van der Waals surface area (Å²) >= 11 is 6.15. The number of nitrogens with zero attached hydrogens (tertiary/aromatic N) is 2. The first kappa shape index (κ1) is 13.7. The predicted octanol–water partition coefficient (Wildman–Crippen LogP) is 3.42. The van der Waals surface area contributed by atoms with Gasteiger partial charge in [-0.15, -0.1) is 0 Å². The number of nitrogens with one attached hydrogen (secondary N) is 1. The van der Waals surface area contributed by atoms with Crippen LogP contribution in [-0.2, 0) is 6.54 Å². The second kappa shape index (κ2) is 5.98. The maximum atomic E-state index is 6.15. The van der Waals surface area contributed by atoms with Crippen LogP contribution in [0.15, 0.2) is 36.7 Å². The third-order valence-electron chi connectivity index (χ3n) is 4.16. The molecule has 1 N–H and O–H groups in total. The first-order valence-electron chi connectivity index (χ1n) is 7.26. The molecule has 106 valence electrons. The summed E-state index contributed by atoms with van der Waals surface area (Å²) in [5.74, 6) is 0.993. The Morgan fingerprint density at radius 2 is 2.25 bits per heavy atom. The van der Waals surface area contributed by atoms with Crippen LogP contribution in [0.5, 0.6) is 0 Å². The number of benzene rings is 1. The van der Waals surface area contributed by atoms with Crippen molar-refractivity contribution < 1.29 is 0 Å². The Morgan fingerprint density at radius 3 is 3.00 bits per heavy atom. The molecule has 2 aromatic rings. The molecule has 1 aliphatic heterocycles. The van der Waals surface area contributed by atoms with E-state index in [1.54, 1.807) is 0 Å². The van der Waals surface area contributed by atoms with E-state index >= 15 is 0 Å². The molecular weight excluding hydrogens is 270 g/mol. The number of piperidine rings is 1. The maximum Gasteiger partial charge on any atom is 0.0524 e. The predicted molar refractivity (Wildman–Crippen MR) is 82.3 cm³/mol. The number of hydrogen-bond acceptors (Lipinski definition) is 2. The van der Waals surface area contributed by atoms with Gasteiger partial charge in [0.15, 0.2) is 0 Å². The van der Waals surface area contributed by atoms with Gasteiger partial charge in [0.25, 0.3) is 0 Å². The Morgan fingerprint density at radius 1 is 1.35 bits per heavy atom. The van der Waals surface area contributed by atoms with Crippen molar-refractivity contribution in [3.8, 4) is 0 Å². The Bertz CT molecular complexity index is 579. The minimum absolute atomic E-state index is 0.469. The van der Waals surface area contributed by atoms with E-state index in [2.05, 4.69) is 35.7 Å². The van der Waals surface area contributed by atoms with Gasteiger partial charge in [-0.2, -0.15) is 5.10 Å². The van der Waals surface area contributed by atoms with E-state index in [1.165, 1.54) is 11.1 Å². The summed E-state index contributed by atoms with van der Waals surface area (Å²) in [6.45, 7) is 5.11. The van der Waals surface area contributed by atoms with Gasteiger partial charge in [0, 0.05) is 30.2 Å². The molecule has 3 rings (SSSR count). The van der Waals surface area contributed by atoms with Crippen LogP contribution in [0.3, 0.4) is 0 Å². The molecule has 3 nitrogen and oxygen atoms in total. The van der Waals surface area contributed by atoms with E-state index in [9.17, 15) is 0 Å². The number of hydrogen-bond donors (Lipinski definition) is 1. The van der Waals surface area contributed by atoms with Gasteiger partial charge >= 0.3 is 0 Å². The zero-order chi connectivity index (χ0) is 13.9. The average Bonchev–Trinajstić information content (AvgIpc) is 2.96. The molecular formula is C16H20ClN3. The Labute approximate surface area is 124 Å². The fourth-order valence-electron chi connectivity index (χ4n) is 3.09. The van der Waals surface area contributed by atoms with Gasteiger partial charge in [-0.25, -0.2) is 0 Å². The lowest BCUT2D eigenvalue weighted by atomic mass is 9.78. The molecule has 2 unspecified atom stereocenters. The van der Waals surface area contributed by atoms with Gasteiger partial charge in [-0.3, -0.25) is 4.68 Å². The molecule has 0 amide bonds. The highest BCUT2D eigenvalue weighted by atomic mass is 35.5. The molecule has 1 aromatic heterocycles. The average molecular weight is 290 g/mol. The van der Waals surface area contributed by atoms with E-state index in [-0.39, 0.29) is 0 Å². The van der Waals surface area contributed by atoms with Crippen molar-refractivity contribution in [2.24, 2.45) is 0 Å². The molecule has 2 atom stereocenters. The van der Waals surface area contributed by atoms with Gasteiger partial charge in [-0.05, 0) is 49.1 Å². The zero-order valence-electron chi connectivity index (χ0n) is 11.7. The Kier molecular flexibility index (Phi) is 4.08. The summed E-state index contributed by atoms with van der Waals surface area (Å²) in [6, 6.07) is 8.25. The van der Waals surface area contributed by atoms with E-state index in [4.69, 9.17) is 11.6 Å². The van der Waals surface area contributed by atoms with E-state index in [0.717, 1.165) is 31.1 Å². The van der Waals surface area contributed by atoms with Crippen molar-refractivity contribution in [3.05, 3.63) is 52.8 Å². The van der Waals surface area contributed by atoms with Gasteiger partial charge in [0.1, 0.15) is 0 Å². The lowest BCUT2D eigenvalue weighted by molar-refractivity contribution is 0.404. The third kappa shape index (κ3) is 2.74. The zero-order valence-corrected chi connectivity index (χ0v) is 12.5. The van der Waals surface area contributed by atoms with Gasteiger partial charge in [0.05, 0.1) is 6.20 Å². The SMILES string of the molecule is CCn1cc(C2CCNCC2c2cccc(Cl)c2)cn1. The minimum Gasteiger partial charge on any atom is -0.316 e. The van der Waals surface area contributed by atoms with Crippen LogP contribution >= 0.6 is 11.6 Å². The number of rotatable bonds is 3. The van der Waals surface area contributed by atoms with Crippen molar-refractivity contribution in [2.45, 2.75) is 31.7 Å². The molecule has 0 radical (unpaired) electrons. The topological polar surface area (TPSA) is 29.9 Å². The molecule has 0 saturated carbocycles. The van der Waals surface area contributed by atoms with E-state index in [1.807, 2.05) is 23.0 Å². The quantitative estimate of drug-likeness (QED) is 0.938. The van der Waals surface area contributed by atoms with Crippen LogP contribution in [-0.4, -0.2) is 22.9 Å². The fourth-order valence-corrected chi connectivity index (χ4v) is 3.29. The second-order valence-electron chi connectivity index (χ2n) is 5.39. The Hall–Kier alpha value is -1.32. The van der Waals surface area contributed by atoms with Crippen molar-refractivity contribution in [1.29, 1.82) is 0 Å². The highest BCUT2D eigenvalue weighted by molar-refractivity contribution is 6.30. The molecule has 2 heterocycles. The number of halogens is 1. The van der Waals surface area contributed by atoms with Gasteiger partial charge in [-0.1, -0.05) is 23.7 Å². The fraction of sp³-hybridized carbons (Fsp3) is 0.438. The van der Waals surface area contributed by atoms with E-state index in [0.29, 0.717) is 11.8 Å². The summed E-state index contributed by atoms with van der Waals surface area (Å²) in [6.07, 6.45) is 5.36. The smallest absolute Gasteiger partial charge is 0.0524 e. The lowest BCUT2D eigenvalue weighted by Crippen LogP contribution is -2.33. The molecule has 4 heteroatoms. The van der Waals surface area contributed by atoms with Crippen LogP contribution in [0, 0.1) is 0 Å².